The molecule has 0 amide bonds. The van der Waals surface area contributed by atoms with E-state index in [-0.39, 0.29) is 6.04 Å². The van der Waals surface area contributed by atoms with Crippen molar-refractivity contribution in [1.29, 1.82) is 0 Å². The van der Waals surface area contributed by atoms with Gasteiger partial charge in [0.05, 0.1) is 12.6 Å². The molecule has 1 unspecified atom stereocenters. The van der Waals surface area contributed by atoms with Crippen molar-refractivity contribution in [3.63, 3.8) is 0 Å². The summed E-state index contributed by atoms with van der Waals surface area (Å²) in [5, 5.41) is 3.43. The standard InChI is InChI=1S/C15H21N3O2/c1-3-16-14(15-17-8-9-18-15)12-6-4-5-7-13(12)20-11-10-19-2/h4-9,14,16H,3,10-11H2,1-2H3,(H,17,18). The molecule has 0 saturated heterocycles. The second-order valence-electron chi connectivity index (χ2n) is 4.34. The van der Waals surface area contributed by atoms with Gasteiger partial charge in [0.25, 0.3) is 0 Å². The topological polar surface area (TPSA) is 59.2 Å². The van der Waals surface area contributed by atoms with E-state index in [9.17, 15) is 0 Å². The SMILES string of the molecule is CCNC(c1ncc[nH]1)c1ccccc1OCCOC. The smallest absolute Gasteiger partial charge is 0.127 e. The minimum absolute atomic E-state index is 0.00579. The molecule has 0 aliphatic rings. The van der Waals surface area contributed by atoms with Crippen LogP contribution in [0.5, 0.6) is 5.75 Å². The van der Waals surface area contributed by atoms with Crippen LogP contribution < -0.4 is 10.1 Å². The average molecular weight is 275 g/mol. The molecule has 1 aromatic heterocycles. The van der Waals surface area contributed by atoms with Crippen molar-refractivity contribution >= 4 is 0 Å². The summed E-state index contributed by atoms with van der Waals surface area (Å²) in [6.45, 7) is 4.02. The summed E-state index contributed by atoms with van der Waals surface area (Å²) >= 11 is 0. The molecule has 0 spiro atoms. The van der Waals surface area contributed by atoms with Crippen LogP contribution in [0.4, 0.5) is 0 Å². The molecule has 1 heterocycles. The molecule has 1 atom stereocenters. The van der Waals surface area contributed by atoms with Crippen molar-refractivity contribution in [3.05, 3.63) is 48.0 Å². The van der Waals surface area contributed by atoms with E-state index in [0.29, 0.717) is 13.2 Å². The van der Waals surface area contributed by atoms with Gasteiger partial charge < -0.3 is 19.8 Å². The monoisotopic (exact) mass is 275 g/mol. The Kier molecular flexibility index (Phi) is 5.58. The number of aromatic nitrogens is 2. The molecule has 0 bridgehead atoms. The molecule has 5 nitrogen and oxygen atoms in total. The maximum Gasteiger partial charge on any atom is 0.127 e. The van der Waals surface area contributed by atoms with Crippen LogP contribution in [0.15, 0.2) is 36.7 Å². The van der Waals surface area contributed by atoms with Gasteiger partial charge in [-0.2, -0.15) is 0 Å². The molecule has 0 radical (unpaired) electrons. The third kappa shape index (κ3) is 3.59. The predicted molar refractivity (Wildman–Crippen MR) is 77.9 cm³/mol. The number of rotatable bonds is 8. The molecule has 20 heavy (non-hydrogen) atoms. The van der Waals surface area contributed by atoms with Gasteiger partial charge in [-0.3, -0.25) is 0 Å². The number of H-pyrrole nitrogens is 1. The van der Waals surface area contributed by atoms with Gasteiger partial charge >= 0.3 is 0 Å². The highest BCUT2D eigenvalue weighted by atomic mass is 16.5. The van der Waals surface area contributed by atoms with Crippen LogP contribution in [0.3, 0.4) is 0 Å². The number of hydrogen-bond donors (Lipinski definition) is 2. The molecule has 2 rings (SSSR count). The van der Waals surface area contributed by atoms with Crippen LogP contribution in [0.1, 0.15) is 24.4 Å². The Morgan fingerprint density at radius 2 is 2.15 bits per heavy atom. The number of para-hydroxylation sites is 1. The number of ether oxygens (including phenoxy) is 2. The zero-order chi connectivity index (χ0) is 14.2. The summed E-state index contributed by atoms with van der Waals surface area (Å²) in [5.41, 5.74) is 1.07. The minimum atomic E-state index is -0.00579. The molecule has 0 aliphatic carbocycles. The van der Waals surface area contributed by atoms with E-state index in [1.165, 1.54) is 0 Å². The first-order valence-corrected chi connectivity index (χ1v) is 6.80. The van der Waals surface area contributed by atoms with Crippen molar-refractivity contribution in [2.75, 3.05) is 26.9 Å². The highest BCUT2D eigenvalue weighted by Crippen LogP contribution is 2.28. The van der Waals surface area contributed by atoms with E-state index in [0.717, 1.165) is 23.7 Å². The molecule has 2 aromatic rings. The number of nitrogens with one attached hydrogen (secondary N) is 2. The third-order valence-corrected chi connectivity index (χ3v) is 2.98. The molecule has 0 saturated carbocycles. The van der Waals surface area contributed by atoms with Crippen molar-refractivity contribution in [1.82, 2.24) is 15.3 Å². The fraction of sp³-hybridized carbons (Fsp3) is 0.400. The van der Waals surface area contributed by atoms with Gasteiger partial charge in [0.2, 0.25) is 0 Å². The fourth-order valence-electron chi connectivity index (χ4n) is 2.08. The maximum atomic E-state index is 5.80. The maximum absolute atomic E-state index is 5.80. The van der Waals surface area contributed by atoms with Gasteiger partial charge in [0, 0.05) is 25.1 Å². The van der Waals surface area contributed by atoms with Gasteiger partial charge in [-0.1, -0.05) is 25.1 Å². The second kappa shape index (κ2) is 7.67. The van der Waals surface area contributed by atoms with Gasteiger partial charge in [-0.15, -0.1) is 0 Å². The Morgan fingerprint density at radius 3 is 2.85 bits per heavy atom. The van der Waals surface area contributed by atoms with Gasteiger partial charge in [0.15, 0.2) is 0 Å². The molecule has 1 aromatic carbocycles. The molecular formula is C15H21N3O2. The Labute approximate surface area is 119 Å². The molecular weight excluding hydrogens is 254 g/mol. The average Bonchev–Trinajstić information content (AvgIpc) is 3.00. The summed E-state index contributed by atoms with van der Waals surface area (Å²) < 4.78 is 10.8. The van der Waals surface area contributed by atoms with Gasteiger partial charge in [0.1, 0.15) is 18.2 Å². The van der Waals surface area contributed by atoms with Crippen LogP contribution in [0, 0.1) is 0 Å². The fourth-order valence-corrected chi connectivity index (χ4v) is 2.08. The van der Waals surface area contributed by atoms with Crippen LogP contribution in [0.25, 0.3) is 0 Å². The number of hydrogen-bond acceptors (Lipinski definition) is 4. The summed E-state index contributed by atoms with van der Waals surface area (Å²) in [6, 6.07) is 7.99. The van der Waals surface area contributed by atoms with Crippen molar-refractivity contribution < 1.29 is 9.47 Å². The van der Waals surface area contributed by atoms with E-state index >= 15 is 0 Å². The first kappa shape index (κ1) is 14.6. The lowest BCUT2D eigenvalue weighted by molar-refractivity contribution is 0.145. The predicted octanol–water partition coefficient (Wildman–Crippen LogP) is 2.13. The van der Waals surface area contributed by atoms with E-state index < -0.39 is 0 Å². The summed E-state index contributed by atoms with van der Waals surface area (Å²) in [6.07, 6.45) is 3.59. The lowest BCUT2D eigenvalue weighted by atomic mass is 10.0. The van der Waals surface area contributed by atoms with Crippen LogP contribution >= 0.6 is 0 Å². The zero-order valence-electron chi connectivity index (χ0n) is 11.9. The van der Waals surface area contributed by atoms with Crippen LogP contribution in [-0.2, 0) is 4.74 Å². The Bertz CT molecular complexity index is 500. The first-order valence-electron chi connectivity index (χ1n) is 6.80. The lowest BCUT2D eigenvalue weighted by Crippen LogP contribution is -2.24. The van der Waals surface area contributed by atoms with Gasteiger partial charge in [-0.05, 0) is 12.6 Å². The molecule has 5 heteroatoms. The number of imidazole rings is 1. The van der Waals surface area contributed by atoms with Crippen molar-refractivity contribution in [3.8, 4) is 5.75 Å². The van der Waals surface area contributed by atoms with Crippen LogP contribution in [-0.4, -0.2) is 36.8 Å². The Hall–Kier alpha value is -1.85. The Morgan fingerprint density at radius 1 is 1.30 bits per heavy atom. The van der Waals surface area contributed by atoms with Crippen LogP contribution in [0.2, 0.25) is 0 Å². The number of aromatic amines is 1. The van der Waals surface area contributed by atoms with Gasteiger partial charge in [-0.25, -0.2) is 4.98 Å². The largest absolute Gasteiger partial charge is 0.491 e. The zero-order valence-corrected chi connectivity index (χ0v) is 11.9. The number of nitrogens with zero attached hydrogens (tertiary/aromatic N) is 1. The minimum Gasteiger partial charge on any atom is -0.491 e. The summed E-state index contributed by atoms with van der Waals surface area (Å²) in [7, 11) is 1.67. The first-order chi connectivity index (χ1) is 9.86. The highest BCUT2D eigenvalue weighted by Gasteiger charge is 2.19. The molecule has 0 fully saturated rings. The number of benzene rings is 1. The normalized spacial score (nSPS) is 12.3. The van der Waals surface area contributed by atoms with E-state index in [1.807, 2.05) is 24.4 Å². The van der Waals surface area contributed by atoms with Crippen molar-refractivity contribution in [2.24, 2.45) is 0 Å². The lowest BCUT2D eigenvalue weighted by Gasteiger charge is -2.19. The summed E-state index contributed by atoms with van der Waals surface area (Å²) in [4.78, 5) is 7.51. The second-order valence-corrected chi connectivity index (χ2v) is 4.34. The van der Waals surface area contributed by atoms with Crippen molar-refractivity contribution in [2.45, 2.75) is 13.0 Å². The van der Waals surface area contributed by atoms with E-state index in [1.54, 1.807) is 13.3 Å². The van der Waals surface area contributed by atoms with E-state index in [4.69, 9.17) is 9.47 Å². The number of methoxy groups -OCH3 is 1. The molecule has 0 aliphatic heterocycles. The quantitative estimate of drug-likeness (QED) is 0.725. The molecule has 108 valence electrons. The molecule has 2 N–H and O–H groups in total. The van der Waals surface area contributed by atoms with E-state index in [2.05, 4.69) is 28.3 Å². The highest BCUT2D eigenvalue weighted by molar-refractivity contribution is 5.38. The third-order valence-electron chi connectivity index (χ3n) is 2.98. The Balaban J connectivity index is 2.23. The summed E-state index contributed by atoms with van der Waals surface area (Å²) in [5.74, 6) is 1.74.